The third-order valence-corrected chi connectivity index (χ3v) is 5.00. The zero-order chi connectivity index (χ0) is 20.7. The van der Waals surface area contributed by atoms with Crippen molar-refractivity contribution in [2.24, 2.45) is 0 Å². The van der Waals surface area contributed by atoms with Crippen LogP contribution in [-0.4, -0.2) is 29.3 Å². The third kappa shape index (κ3) is 5.95. The van der Waals surface area contributed by atoms with Crippen LogP contribution in [0, 0.1) is 20.8 Å². The molecule has 2 amide bonds. The average Bonchev–Trinajstić information content (AvgIpc) is 2.66. The molecular weight excluding hydrogens is 348 g/mol. The molecule has 2 aromatic rings. The number of benzene rings is 2. The molecule has 0 bridgehead atoms. The standard InChI is InChI=1S/C24H32N2O2/c1-6-12-25-24(28)20(5)26(16-21-9-7-8-17(2)13-21)23(27)15-22-14-18(3)10-11-19(22)4/h7-11,13-14,20H,6,12,15-16H2,1-5H3,(H,25,28). The van der Waals surface area contributed by atoms with Crippen LogP contribution in [0.4, 0.5) is 0 Å². The van der Waals surface area contributed by atoms with E-state index in [-0.39, 0.29) is 11.8 Å². The van der Waals surface area contributed by atoms with Crippen molar-refractivity contribution in [1.82, 2.24) is 10.2 Å². The fourth-order valence-corrected chi connectivity index (χ4v) is 3.24. The summed E-state index contributed by atoms with van der Waals surface area (Å²) < 4.78 is 0. The molecule has 0 radical (unpaired) electrons. The van der Waals surface area contributed by atoms with Crippen LogP contribution in [0.25, 0.3) is 0 Å². The van der Waals surface area contributed by atoms with E-state index in [1.807, 2.05) is 58.9 Å². The maximum Gasteiger partial charge on any atom is 0.242 e. The zero-order valence-corrected chi connectivity index (χ0v) is 17.7. The van der Waals surface area contributed by atoms with Gasteiger partial charge in [0, 0.05) is 13.1 Å². The minimum Gasteiger partial charge on any atom is -0.354 e. The van der Waals surface area contributed by atoms with Gasteiger partial charge in [0.05, 0.1) is 6.42 Å². The number of amides is 2. The first kappa shape index (κ1) is 21.7. The lowest BCUT2D eigenvalue weighted by Crippen LogP contribution is -2.48. The Morgan fingerprint density at radius 3 is 2.43 bits per heavy atom. The van der Waals surface area contributed by atoms with Gasteiger partial charge in [-0.05, 0) is 50.8 Å². The number of hydrogen-bond acceptors (Lipinski definition) is 2. The Labute approximate surface area is 169 Å². The molecule has 2 aromatic carbocycles. The molecule has 0 heterocycles. The summed E-state index contributed by atoms with van der Waals surface area (Å²) in [6.45, 7) is 10.9. The normalized spacial score (nSPS) is 11.8. The van der Waals surface area contributed by atoms with Crippen LogP contribution in [-0.2, 0) is 22.6 Å². The summed E-state index contributed by atoms with van der Waals surface area (Å²) >= 11 is 0. The fourth-order valence-electron chi connectivity index (χ4n) is 3.24. The van der Waals surface area contributed by atoms with Crippen LogP contribution in [0.3, 0.4) is 0 Å². The number of nitrogens with one attached hydrogen (secondary N) is 1. The summed E-state index contributed by atoms with van der Waals surface area (Å²) in [4.78, 5) is 27.5. The summed E-state index contributed by atoms with van der Waals surface area (Å²) in [5.41, 5.74) is 5.41. The quantitative estimate of drug-likeness (QED) is 0.750. The molecule has 0 saturated heterocycles. The summed E-state index contributed by atoms with van der Waals surface area (Å²) in [7, 11) is 0. The number of carbonyl (C=O) groups is 2. The van der Waals surface area contributed by atoms with E-state index in [9.17, 15) is 9.59 Å². The lowest BCUT2D eigenvalue weighted by Gasteiger charge is -2.29. The maximum atomic E-state index is 13.2. The molecule has 1 N–H and O–H groups in total. The highest BCUT2D eigenvalue weighted by Crippen LogP contribution is 2.16. The van der Waals surface area contributed by atoms with Crippen molar-refractivity contribution in [1.29, 1.82) is 0 Å². The monoisotopic (exact) mass is 380 g/mol. The van der Waals surface area contributed by atoms with E-state index in [0.717, 1.165) is 34.2 Å². The van der Waals surface area contributed by atoms with Crippen molar-refractivity contribution in [3.05, 3.63) is 70.3 Å². The van der Waals surface area contributed by atoms with Gasteiger partial charge in [-0.2, -0.15) is 0 Å². The Morgan fingerprint density at radius 1 is 1.04 bits per heavy atom. The van der Waals surface area contributed by atoms with Gasteiger partial charge >= 0.3 is 0 Å². The topological polar surface area (TPSA) is 49.4 Å². The highest BCUT2D eigenvalue weighted by molar-refractivity contribution is 5.88. The summed E-state index contributed by atoms with van der Waals surface area (Å²) in [5.74, 6) is -0.141. The predicted octanol–water partition coefficient (Wildman–Crippen LogP) is 4.10. The molecule has 0 aliphatic heterocycles. The summed E-state index contributed by atoms with van der Waals surface area (Å²) in [5, 5.41) is 2.92. The highest BCUT2D eigenvalue weighted by atomic mass is 16.2. The molecule has 4 nitrogen and oxygen atoms in total. The van der Waals surface area contributed by atoms with E-state index in [2.05, 4.69) is 23.5 Å². The smallest absolute Gasteiger partial charge is 0.242 e. The van der Waals surface area contributed by atoms with Crippen molar-refractivity contribution >= 4 is 11.8 Å². The third-order valence-electron chi connectivity index (χ3n) is 5.00. The molecule has 0 fully saturated rings. The van der Waals surface area contributed by atoms with Gasteiger partial charge in [0.25, 0.3) is 0 Å². The van der Waals surface area contributed by atoms with E-state index < -0.39 is 6.04 Å². The van der Waals surface area contributed by atoms with E-state index in [1.54, 1.807) is 4.90 Å². The molecule has 4 heteroatoms. The Balaban J connectivity index is 2.26. The predicted molar refractivity (Wildman–Crippen MR) is 114 cm³/mol. The molecule has 28 heavy (non-hydrogen) atoms. The number of carbonyl (C=O) groups excluding carboxylic acids is 2. The van der Waals surface area contributed by atoms with Crippen LogP contribution in [0.1, 0.15) is 48.1 Å². The van der Waals surface area contributed by atoms with Gasteiger partial charge in [-0.15, -0.1) is 0 Å². The van der Waals surface area contributed by atoms with Crippen molar-refractivity contribution in [2.75, 3.05) is 6.54 Å². The molecule has 150 valence electrons. The number of rotatable bonds is 8. The fraction of sp³-hybridized carbons (Fsp3) is 0.417. The summed E-state index contributed by atoms with van der Waals surface area (Å²) in [6, 6.07) is 13.7. The Morgan fingerprint density at radius 2 is 1.75 bits per heavy atom. The zero-order valence-electron chi connectivity index (χ0n) is 17.7. The van der Waals surface area contributed by atoms with Crippen molar-refractivity contribution in [3.8, 4) is 0 Å². The first-order chi connectivity index (χ1) is 13.3. The maximum absolute atomic E-state index is 13.2. The van der Waals surface area contributed by atoms with Gasteiger partial charge in [0.15, 0.2) is 0 Å². The number of hydrogen-bond donors (Lipinski definition) is 1. The van der Waals surface area contributed by atoms with Crippen LogP contribution < -0.4 is 5.32 Å². The molecule has 0 saturated carbocycles. The second kappa shape index (κ2) is 10.1. The lowest BCUT2D eigenvalue weighted by atomic mass is 10.0. The molecule has 1 unspecified atom stereocenters. The molecule has 2 rings (SSSR count). The molecular formula is C24H32N2O2. The lowest BCUT2D eigenvalue weighted by molar-refractivity contribution is -0.140. The van der Waals surface area contributed by atoms with E-state index >= 15 is 0 Å². The highest BCUT2D eigenvalue weighted by Gasteiger charge is 2.26. The van der Waals surface area contributed by atoms with Crippen LogP contribution in [0.2, 0.25) is 0 Å². The first-order valence-corrected chi connectivity index (χ1v) is 10.0. The van der Waals surface area contributed by atoms with Crippen LogP contribution >= 0.6 is 0 Å². The minimum atomic E-state index is -0.523. The molecule has 0 aromatic heterocycles. The van der Waals surface area contributed by atoms with Gasteiger partial charge in [0.1, 0.15) is 6.04 Å². The van der Waals surface area contributed by atoms with Crippen molar-refractivity contribution < 1.29 is 9.59 Å². The second-order valence-electron chi connectivity index (χ2n) is 7.58. The van der Waals surface area contributed by atoms with Crippen molar-refractivity contribution in [3.63, 3.8) is 0 Å². The molecule has 0 spiro atoms. The van der Waals surface area contributed by atoms with Crippen molar-refractivity contribution in [2.45, 2.75) is 60.0 Å². The molecule has 1 atom stereocenters. The van der Waals surface area contributed by atoms with E-state index in [4.69, 9.17) is 0 Å². The average molecular weight is 381 g/mol. The largest absolute Gasteiger partial charge is 0.354 e. The van der Waals surface area contributed by atoms with Gasteiger partial charge in [-0.1, -0.05) is 60.5 Å². The number of nitrogens with zero attached hydrogens (tertiary/aromatic N) is 1. The van der Waals surface area contributed by atoms with Gasteiger partial charge in [0.2, 0.25) is 11.8 Å². The van der Waals surface area contributed by atoms with Gasteiger partial charge in [-0.25, -0.2) is 0 Å². The van der Waals surface area contributed by atoms with Crippen LogP contribution in [0.5, 0.6) is 0 Å². The Kier molecular flexibility index (Phi) is 7.80. The summed E-state index contributed by atoms with van der Waals surface area (Å²) in [6.07, 6.45) is 1.16. The first-order valence-electron chi connectivity index (χ1n) is 10.0. The van der Waals surface area contributed by atoms with Gasteiger partial charge in [-0.3, -0.25) is 9.59 Å². The Bertz CT molecular complexity index is 829. The minimum absolute atomic E-state index is 0.0330. The van der Waals surface area contributed by atoms with E-state index in [1.165, 1.54) is 0 Å². The second-order valence-corrected chi connectivity index (χ2v) is 7.58. The van der Waals surface area contributed by atoms with Gasteiger partial charge < -0.3 is 10.2 Å². The Hall–Kier alpha value is -2.62. The molecule has 0 aliphatic rings. The SMILES string of the molecule is CCCNC(=O)C(C)N(Cc1cccc(C)c1)C(=O)Cc1cc(C)ccc1C. The molecule has 0 aliphatic carbocycles. The van der Waals surface area contributed by atoms with Crippen LogP contribution in [0.15, 0.2) is 42.5 Å². The van der Waals surface area contributed by atoms with E-state index in [0.29, 0.717) is 19.5 Å². The number of aryl methyl sites for hydroxylation is 3.